The lowest BCUT2D eigenvalue weighted by Gasteiger charge is -2.23. The predicted octanol–water partition coefficient (Wildman–Crippen LogP) is 5.56. The maximum Gasteiger partial charge on any atom is 0.337 e. The molecule has 4 aromatic rings. The van der Waals surface area contributed by atoms with Crippen LogP contribution < -0.4 is 33.8 Å². The van der Waals surface area contributed by atoms with E-state index < -0.39 is 12.0 Å². The molecule has 0 bridgehead atoms. The van der Waals surface area contributed by atoms with E-state index in [0.717, 1.165) is 11.1 Å². The lowest BCUT2D eigenvalue weighted by molar-refractivity contribution is -0.136. The molecule has 11 heteroatoms. The molecule has 0 saturated heterocycles. The quantitative estimate of drug-likeness (QED) is 0.180. The van der Waals surface area contributed by atoms with Gasteiger partial charge in [0.2, 0.25) is 0 Å². The number of carbonyl (C=O) groups excluding carboxylic acids is 1. The van der Waals surface area contributed by atoms with Crippen molar-refractivity contribution in [2.75, 3.05) is 26.9 Å². The highest BCUT2D eigenvalue weighted by atomic mass is 79.9. The molecule has 1 aliphatic heterocycles. The van der Waals surface area contributed by atoms with E-state index in [9.17, 15) is 9.59 Å². The average Bonchev–Trinajstić information content (AvgIpc) is 3.36. The summed E-state index contributed by atoms with van der Waals surface area (Å²) in [4.78, 5) is 31.9. The number of rotatable bonds is 12. The molecule has 3 aromatic carbocycles. The van der Waals surface area contributed by atoms with Crippen molar-refractivity contribution in [2.24, 2.45) is 4.99 Å². The third kappa shape index (κ3) is 6.99. The molecule has 5 rings (SSSR count). The van der Waals surface area contributed by atoms with E-state index in [1.54, 1.807) is 18.2 Å². The third-order valence-corrected chi connectivity index (χ3v) is 8.45. The van der Waals surface area contributed by atoms with E-state index in [1.165, 1.54) is 29.2 Å². The van der Waals surface area contributed by atoms with Crippen LogP contribution >= 0.6 is 27.3 Å². The second-order valence-corrected chi connectivity index (χ2v) is 11.6. The number of aromatic nitrogens is 1. The molecule has 0 unspecified atom stereocenters. The van der Waals surface area contributed by atoms with Gasteiger partial charge in [-0.2, -0.15) is 0 Å². The fourth-order valence-electron chi connectivity index (χ4n) is 4.94. The van der Waals surface area contributed by atoms with Gasteiger partial charge >= 0.3 is 5.97 Å². The van der Waals surface area contributed by atoms with Gasteiger partial charge in [0.05, 0.1) is 47.6 Å². The second-order valence-electron chi connectivity index (χ2n) is 9.79. The SMILES string of the molecule is CCOc1ccc([C@@H]2C(C(=O)OC)=CN=c3s/c(=C\c4cc(Br)c(OCc5ccccc5)c(OCC)c4)c(=O)n32)cc1OCC. The number of halogens is 1. The molecule has 0 spiro atoms. The van der Waals surface area contributed by atoms with E-state index in [1.807, 2.05) is 69.3 Å². The van der Waals surface area contributed by atoms with E-state index in [0.29, 0.717) is 68.8 Å². The number of hydrogen-bond acceptors (Lipinski definition) is 9. The highest BCUT2D eigenvalue weighted by molar-refractivity contribution is 9.10. The van der Waals surface area contributed by atoms with Crippen LogP contribution in [0.4, 0.5) is 0 Å². The number of methoxy groups -OCH3 is 1. The van der Waals surface area contributed by atoms with Gasteiger partial charge in [0, 0.05) is 6.20 Å². The zero-order valence-corrected chi connectivity index (χ0v) is 27.8. The second kappa shape index (κ2) is 14.6. The molecular weight excluding hydrogens is 660 g/mol. The predicted molar refractivity (Wildman–Crippen MR) is 176 cm³/mol. The minimum Gasteiger partial charge on any atom is -0.490 e. The summed E-state index contributed by atoms with van der Waals surface area (Å²) in [6.45, 7) is 7.35. The summed E-state index contributed by atoms with van der Waals surface area (Å²) < 4.78 is 31.3. The van der Waals surface area contributed by atoms with Gasteiger partial charge in [-0.3, -0.25) is 9.36 Å². The lowest BCUT2D eigenvalue weighted by atomic mass is 9.97. The summed E-state index contributed by atoms with van der Waals surface area (Å²) in [7, 11) is 1.30. The third-order valence-electron chi connectivity index (χ3n) is 6.86. The Bertz CT molecular complexity index is 1900. The van der Waals surface area contributed by atoms with Crippen LogP contribution in [0.3, 0.4) is 0 Å². The first-order chi connectivity index (χ1) is 21.9. The molecular formula is C34H33BrN2O7S. The Balaban J connectivity index is 1.58. The number of carbonyl (C=O) groups is 1. The summed E-state index contributed by atoms with van der Waals surface area (Å²) in [5, 5.41) is 0. The highest BCUT2D eigenvalue weighted by Crippen LogP contribution is 2.38. The molecule has 2 heterocycles. The van der Waals surface area contributed by atoms with E-state index in [-0.39, 0.29) is 11.1 Å². The molecule has 0 amide bonds. The van der Waals surface area contributed by atoms with Crippen molar-refractivity contribution in [1.29, 1.82) is 0 Å². The van der Waals surface area contributed by atoms with Crippen LogP contribution in [0.25, 0.3) is 6.08 Å². The Labute approximate surface area is 273 Å². The molecule has 0 saturated carbocycles. The first-order valence-corrected chi connectivity index (χ1v) is 16.1. The zero-order valence-electron chi connectivity index (χ0n) is 25.4. The van der Waals surface area contributed by atoms with Crippen LogP contribution in [0.5, 0.6) is 23.0 Å². The van der Waals surface area contributed by atoms with E-state index >= 15 is 0 Å². The van der Waals surface area contributed by atoms with Crippen molar-refractivity contribution in [3.05, 3.63) is 113 Å². The number of nitrogens with zero attached hydrogens (tertiary/aromatic N) is 2. The zero-order chi connectivity index (χ0) is 31.9. The topological polar surface area (TPSA) is 97.6 Å². The van der Waals surface area contributed by atoms with Crippen LogP contribution in [0.2, 0.25) is 0 Å². The first kappa shape index (κ1) is 32.1. The van der Waals surface area contributed by atoms with Crippen LogP contribution in [-0.2, 0) is 16.1 Å². The number of benzene rings is 3. The molecule has 45 heavy (non-hydrogen) atoms. The summed E-state index contributed by atoms with van der Waals surface area (Å²) in [6, 6.07) is 18.2. The molecule has 1 aliphatic rings. The van der Waals surface area contributed by atoms with Crippen LogP contribution in [-0.4, -0.2) is 37.5 Å². The molecule has 0 radical (unpaired) electrons. The van der Waals surface area contributed by atoms with E-state index in [2.05, 4.69) is 20.9 Å². The van der Waals surface area contributed by atoms with Gasteiger partial charge in [-0.05, 0) is 83.7 Å². The Hall–Kier alpha value is -4.35. The van der Waals surface area contributed by atoms with Gasteiger partial charge in [-0.1, -0.05) is 47.7 Å². The number of hydrogen-bond donors (Lipinski definition) is 0. The number of thiazole rings is 1. The van der Waals surface area contributed by atoms with Crippen molar-refractivity contribution in [3.63, 3.8) is 0 Å². The fourth-order valence-corrected chi connectivity index (χ4v) is 6.49. The summed E-state index contributed by atoms with van der Waals surface area (Å²) in [5.74, 6) is 1.63. The summed E-state index contributed by atoms with van der Waals surface area (Å²) in [5.41, 5.74) is 2.33. The molecule has 0 N–H and O–H groups in total. The minimum atomic E-state index is -0.787. The maximum atomic E-state index is 14.0. The molecule has 0 fully saturated rings. The average molecular weight is 694 g/mol. The van der Waals surface area contributed by atoms with Gasteiger partial charge in [-0.15, -0.1) is 0 Å². The molecule has 9 nitrogen and oxygen atoms in total. The van der Waals surface area contributed by atoms with Crippen LogP contribution in [0, 0.1) is 0 Å². The van der Waals surface area contributed by atoms with E-state index in [4.69, 9.17) is 23.7 Å². The summed E-state index contributed by atoms with van der Waals surface area (Å²) >= 11 is 4.86. The van der Waals surface area contributed by atoms with Crippen molar-refractivity contribution >= 4 is 39.3 Å². The minimum absolute atomic E-state index is 0.226. The Morgan fingerprint density at radius 3 is 2.36 bits per heavy atom. The molecule has 1 atom stereocenters. The van der Waals surface area contributed by atoms with Crippen molar-refractivity contribution in [1.82, 2.24) is 4.57 Å². The standard InChI is InChI=1S/C34H33BrN2O7S/c1-5-41-26-14-13-23(18-27(26)42-6-2)30-24(33(39)40-4)19-36-34-37(30)32(38)29(45-34)17-22-15-25(35)31(28(16-22)43-7-3)44-20-21-11-9-8-10-12-21/h8-19,30H,5-7,20H2,1-4H3/b29-17-/t30-/m1/s1. The number of ether oxygens (including phenoxy) is 5. The fraction of sp³-hybridized carbons (Fsp3) is 0.265. The van der Waals surface area contributed by atoms with Gasteiger partial charge in [0.1, 0.15) is 6.61 Å². The van der Waals surface area contributed by atoms with Gasteiger partial charge in [0.25, 0.3) is 5.56 Å². The summed E-state index contributed by atoms with van der Waals surface area (Å²) in [6.07, 6.45) is 3.24. The van der Waals surface area contributed by atoms with Crippen LogP contribution in [0.1, 0.15) is 43.5 Å². The Morgan fingerprint density at radius 1 is 0.933 bits per heavy atom. The highest BCUT2D eigenvalue weighted by Gasteiger charge is 2.31. The normalized spacial score (nSPS) is 14.2. The monoisotopic (exact) mass is 692 g/mol. The molecule has 234 valence electrons. The van der Waals surface area contributed by atoms with Gasteiger partial charge in [-0.25, -0.2) is 9.79 Å². The smallest absolute Gasteiger partial charge is 0.337 e. The van der Waals surface area contributed by atoms with Crippen molar-refractivity contribution in [3.8, 4) is 23.0 Å². The van der Waals surface area contributed by atoms with Gasteiger partial charge in [0.15, 0.2) is 27.8 Å². The number of fused-ring (bicyclic) bond motifs is 1. The van der Waals surface area contributed by atoms with Crippen molar-refractivity contribution < 1.29 is 28.5 Å². The lowest BCUT2D eigenvalue weighted by Crippen LogP contribution is -2.39. The Kier molecular flexibility index (Phi) is 10.4. The molecule has 0 aliphatic carbocycles. The van der Waals surface area contributed by atoms with Gasteiger partial charge < -0.3 is 23.7 Å². The maximum absolute atomic E-state index is 14.0. The van der Waals surface area contributed by atoms with Crippen molar-refractivity contribution in [2.45, 2.75) is 33.4 Å². The Morgan fingerprint density at radius 2 is 1.64 bits per heavy atom. The number of esters is 1. The first-order valence-electron chi connectivity index (χ1n) is 14.5. The molecule has 1 aromatic heterocycles. The largest absolute Gasteiger partial charge is 0.490 e. The van der Waals surface area contributed by atoms with Crippen LogP contribution in [0.15, 0.2) is 86.7 Å².